The SMILES string of the molecule is CC1(C)c2ccccc2-c2cc3ccc4cc(-c5ccc(-c6cc(-c7ccc(-c8cccnc8)cc7)nc(-c7ccccc7)n6)cc5)ccc4c3cc21. The summed E-state index contributed by atoms with van der Waals surface area (Å²) < 4.78 is 0. The molecule has 9 aromatic rings. The molecule has 250 valence electrons. The molecule has 0 saturated heterocycles. The van der Waals surface area contributed by atoms with Crippen LogP contribution >= 0.6 is 0 Å². The van der Waals surface area contributed by atoms with Crippen LogP contribution in [0.25, 0.3) is 88.8 Å². The minimum atomic E-state index is -0.0266. The molecule has 3 nitrogen and oxygen atoms in total. The van der Waals surface area contributed by atoms with Gasteiger partial charge in [-0.05, 0) is 96.4 Å². The van der Waals surface area contributed by atoms with Gasteiger partial charge in [0.1, 0.15) is 0 Å². The Kier molecular flexibility index (Phi) is 7.16. The molecule has 2 aromatic heterocycles. The molecule has 0 unspecified atom stereocenters. The van der Waals surface area contributed by atoms with Crippen LogP contribution < -0.4 is 0 Å². The first-order chi connectivity index (χ1) is 26.0. The molecule has 0 spiro atoms. The summed E-state index contributed by atoms with van der Waals surface area (Å²) in [7, 11) is 0. The number of rotatable bonds is 5. The topological polar surface area (TPSA) is 38.7 Å². The normalized spacial score (nSPS) is 12.9. The van der Waals surface area contributed by atoms with Gasteiger partial charge in [0.15, 0.2) is 5.82 Å². The number of benzene rings is 7. The van der Waals surface area contributed by atoms with E-state index in [1.807, 2.05) is 30.5 Å². The number of pyridine rings is 1. The van der Waals surface area contributed by atoms with Gasteiger partial charge in [-0.3, -0.25) is 4.98 Å². The van der Waals surface area contributed by atoms with Gasteiger partial charge in [-0.2, -0.15) is 0 Å². The molecule has 0 radical (unpaired) electrons. The summed E-state index contributed by atoms with van der Waals surface area (Å²) >= 11 is 0. The Balaban J connectivity index is 0.999. The molecule has 53 heavy (non-hydrogen) atoms. The molecule has 0 aliphatic heterocycles. The maximum absolute atomic E-state index is 5.07. The number of aromatic nitrogens is 3. The summed E-state index contributed by atoms with van der Waals surface area (Å²) in [5.41, 5.74) is 14.9. The first-order valence-corrected chi connectivity index (χ1v) is 18.2. The molecule has 0 saturated carbocycles. The smallest absolute Gasteiger partial charge is 0.160 e. The van der Waals surface area contributed by atoms with Gasteiger partial charge in [-0.25, -0.2) is 9.97 Å². The first kappa shape index (κ1) is 31.1. The van der Waals surface area contributed by atoms with E-state index in [9.17, 15) is 0 Å². The van der Waals surface area contributed by atoms with Crippen LogP contribution in [-0.4, -0.2) is 15.0 Å². The lowest BCUT2D eigenvalue weighted by Crippen LogP contribution is -2.14. The highest BCUT2D eigenvalue weighted by atomic mass is 14.9. The highest BCUT2D eigenvalue weighted by Crippen LogP contribution is 2.50. The third kappa shape index (κ3) is 5.32. The summed E-state index contributed by atoms with van der Waals surface area (Å²) in [5, 5.41) is 5.12. The van der Waals surface area contributed by atoms with Crippen molar-refractivity contribution in [3.8, 4) is 67.3 Å². The number of fused-ring (bicyclic) bond motifs is 6. The van der Waals surface area contributed by atoms with Crippen molar-refractivity contribution in [3.63, 3.8) is 0 Å². The van der Waals surface area contributed by atoms with Gasteiger partial charge in [0.25, 0.3) is 0 Å². The second-order valence-electron chi connectivity index (χ2n) is 14.5. The minimum absolute atomic E-state index is 0.0266. The lowest BCUT2D eigenvalue weighted by Gasteiger charge is -2.22. The maximum atomic E-state index is 5.07. The third-order valence-corrected chi connectivity index (χ3v) is 11.0. The summed E-state index contributed by atoms with van der Waals surface area (Å²) in [5.74, 6) is 0.707. The fraction of sp³-hybridized carbons (Fsp3) is 0.0600. The van der Waals surface area contributed by atoms with Crippen LogP contribution in [0.3, 0.4) is 0 Å². The highest BCUT2D eigenvalue weighted by molar-refractivity contribution is 6.10. The van der Waals surface area contributed by atoms with Crippen LogP contribution in [0.15, 0.2) is 176 Å². The Hall–Kier alpha value is -6.71. The Morgan fingerprint density at radius 1 is 0.396 bits per heavy atom. The van der Waals surface area contributed by atoms with Crippen molar-refractivity contribution in [3.05, 3.63) is 187 Å². The number of hydrogen-bond donors (Lipinski definition) is 0. The lowest BCUT2D eigenvalue weighted by molar-refractivity contribution is 0.661. The van der Waals surface area contributed by atoms with Gasteiger partial charge in [0, 0.05) is 34.5 Å². The lowest BCUT2D eigenvalue weighted by atomic mass is 9.81. The Morgan fingerprint density at radius 3 is 1.70 bits per heavy atom. The molecule has 1 aliphatic carbocycles. The van der Waals surface area contributed by atoms with E-state index in [2.05, 4.69) is 158 Å². The van der Waals surface area contributed by atoms with Crippen molar-refractivity contribution in [2.24, 2.45) is 0 Å². The van der Waals surface area contributed by atoms with E-state index >= 15 is 0 Å². The zero-order valence-corrected chi connectivity index (χ0v) is 29.6. The van der Waals surface area contributed by atoms with Crippen molar-refractivity contribution in [2.75, 3.05) is 0 Å². The van der Waals surface area contributed by atoms with Crippen LogP contribution in [0.5, 0.6) is 0 Å². The van der Waals surface area contributed by atoms with Crippen LogP contribution in [-0.2, 0) is 5.41 Å². The largest absolute Gasteiger partial charge is 0.264 e. The quantitative estimate of drug-likeness (QED) is 0.170. The van der Waals surface area contributed by atoms with E-state index in [0.717, 1.165) is 39.2 Å². The van der Waals surface area contributed by atoms with E-state index in [0.29, 0.717) is 5.82 Å². The van der Waals surface area contributed by atoms with E-state index < -0.39 is 0 Å². The standard InChI is InChI=1S/C50H35N3/c1-50(2)45-13-7-6-12-42(45)44-28-39-23-22-38-27-37(24-25-41(38)43(39)29-46(44)50)32-14-18-34(19-15-32)47-30-48(53-49(52-47)36-9-4-3-5-10-36)35-20-16-33(17-21-35)40-11-8-26-51-31-40/h3-31H,1-2H3. The van der Waals surface area contributed by atoms with E-state index in [1.165, 1.54) is 54.9 Å². The van der Waals surface area contributed by atoms with Gasteiger partial charge in [0.2, 0.25) is 0 Å². The average Bonchev–Trinajstić information content (AvgIpc) is 3.45. The summed E-state index contributed by atoms with van der Waals surface area (Å²) in [6, 6.07) is 58.7. The van der Waals surface area contributed by atoms with Gasteiger partial charge < -0.3 is 0 Å². The van der Waals surface area contributed by atoms with E-state index in [4.69, 9.17) is 9.97 Å². The van der Waals surface area contributed by atoms with Gasteiger partial charge >= 0.3 is 0 Å². The summed E-state index contributed by atoms with van der Waals surface area (Å²) in [6.07, 6.45) is 3.69. The predicted octanol–water partition coefficient (Wildman–Crippen LogP) is 12.8. The second kappa shape index (κ2) is 12.2. The maximum Gasteiger partial charge on any atom is 0.160 e. The number of hydrogen-bond acceptors (Lipinski definition) is 3. The van der Waals surface area contributed by atoms with Crippen molar-refractivity contribution in [2.45, 2.75) is 19.3 Å². The fourth-order valence-electron chi connectivity index (χ4n) is 8.10. The van der Waals surface area contributed by atoms with E-state index in [-0.39, 0.29) is 5.41 Å². The Labute approximate surface area is 309 Å². The third-order valence-electron chi connectivity index (χ3n) is 11.0. The molecule has 0 atom stereocenters. The molecular weight excluding hydrogens is 643 g/mol. The molecule has 3 heteroatoms. The summed E-state index contributed by atoms with van der Waals surface area (Å²) in [6.45, 7) is 4.70. The predicted molar refractivity (Wildman–Crippen MR) is 220 cm³/mol. The molecule has 10 rings (SSSR count). The minimum Gasteiger partial charge on any atom is -0.264 e. The van der Waals surface area contributed by atoms with Gasteiger partial charge in [-0.1, -0.05) is 147 Å². The Morgan fingerprint density at radius 2 is 1.00 bits per heavy atom. The number of nitrogens with zero attached hydrogens (tertiary/aromatic N) is 3. The fourth-order valence-corrected chi connectivity index (χ4v) is 8.10. The molecule has 2 heterocycles. The van der Waals surface area contributed by atoms with Crippen LogP contribution in [0.2, 0.25) is 0 Å². The van der Waals surface area contributed by atoms with E-state index in [1.54, 1.807) is 6.20 Å². The molecule has 1 aliphatic rings. The monoisotopic (exact) mass is 677 g/mol. The van der Waals surface area contributed by atoms with Gasteiger partial charge in [-0.15, -0.1) is 0 Å². The molecule has 0 bridgehead atoms. The van der Waals surface area contributed by atoms with Crippen LogP contribution in [0.4, 0.5) is 0 Å². The molecular formula is C50H35N3. The molecule has 7 aromatic carbocycles. The van der Waals surface area contributed by atoms with Gasteiger partial charge in [0.05, 0.1) is 11.4 Å². The van der Waals surface area contributed by atoms with Crippen molar-refractivity contribution in [1.29, 1.82) is 0 Å². The van der Waals surface area contributed by atoms with Crippen LogP contribution in [0.1, 0.15) is 25.0 Å². The highest BCUT2D eigenvalue weighted by Gasteiger charge is 2.35. The second-order valence-corrected chi connectivity index (χ2v) is 14.5. The zero-order valence-electron chi connectivity index (χ0n) is 29.6. The van der Waals surface area contributed by atoms with Crippen LogP contribution in [0, 0.1) is 0 Å². The van der Waals surface area contributed by atoms with Crippen molar-refractivity contribution in [1.82, 2.24) is 15.0 Å². The van der Waals surface area contributed by atoms with Crippen molar-refractivity contribution >= 4 is 21.5 Å². The Bertz CT molecular complexity index is 2820. The van der Waals surface area contributed by atoms with Crippen molar-refractivity contribution < 1.29 is 0 Å². The zero-order chi connectivity index (χ0) is 35.5. The first-order valence-electron chi connectivity index (χ1n) is 18.2. The average molecular weight is 678 g/mol. The molecule has 0 N–H and O–H groups in total. The summed E-state index contributed by atoms with van der Waals surface area (Å²) in [4.78, 5) is 14.4. The molecule has 0 fully saturated rings. The molecule has 0 amide bonds.